The fourth-order valence-corrected chi connectivity index (χ4v) is 5.84. The summed E-state index contributed by atoms with van der Waals surface area (Å²) in [6.07, 6.45) is 11.9. The van der Waals surface area contributed by atoms with Gasteiger partial charge in [0, 0.05) is 0 Å². The number of piperidine rings is 1. The summed E-state index contributed by atoms with van der Waals surface area (Å²) >= 11 is 0. The molecule has 0 amide bonds. The predicted octanol–water partition coefficient (Wildman–Crippen LogP) is 4.62. The molecule has 1 nitrogen and oxygen atoms in total. The van der Waals surface area contributed by atoms with Crippen molar-refractivity contribution in [2.24, 2.45) is 28.6 Å². The van der Waals surface area contributed by atoms with Gasteiger partial charge in [-0.1, -0.05) is 46.5 Å². The molecule has 0 aromatic heterocycles. The third kappa shape index (κ3) is 2.48. The van der Waals surface area contributed by atoms with Gasteiger partial charge in [0.1, 0.15) is 0 Å². The molecular formula is C18H33N. The highest BCUT2D eigenvalue weighted by atomic mass is 14.9. The molecule has 1 saturated heterocycles. The molecule has 3 rings (SSSR count). The number of hydrogen-bond acceptors (Lipinski definition) is 1. The van der Waals surface area contributed by atoms with Crippen LogP contribution in [0, 0.1) is 28.6 Å². The van der Waals surface area contributed by atoms with Crippen LogP contribution in [0.15, 0.2) is 0 Å². The van der Waals surface area contributed by atoms with Crippen LogP contribution < -0.4 is 5.32 Å². The Morgan fingerprint density at radius 2 is 1.74 bits per heavy atom. The molecule has 0 bridgehead atoms. The molecule has 2 aliphatic carbocycles. The van der Waals surface area contributed by atoms with E-state index in [0.29, 0.717) is 10.8 Å². The van der Waals surface area contributed by atoms with Crippen LogP contribution in [0.25, 0.3) is 0 Å². The fraction of sp³-hybridized carbons (Fsp3) is 1.00. The summed E-state index contributed by atoms with van der Waals surface area (Å²) in [5.41, 5.74) is 1.28. The number of nitrogens with one attached hydrogen (secondary N) is 1. The molecule has 3 aliphatic rings. The summed E-state index contributed by atoms with van der Waals surface area (Å²) in [6, 6.07) is 0. The Morgan fingerprint density at radius 1 is 1.00 bits per heavy atom. The van der Waals surface area contributed by atoms with E-state index in [9.17, 15) is 0 Å². The van der Waals surface area contributed by atoms with E-state index in [4.69, 9.17) is 0 Å². The second-order valence-corrected chi connectivity index (χ2v) is 8.61. The summed E-state index contributed by atoms with van der Waals surface area (Å²) < 4.78 is 0. The van der Waals surface area contributed by atoms with Crippen molar-refractivity contribution in [2.45, 2.75) is 72.1 Å². The van der Waals surface area contributed by atoms with E-state index in [1.165, 1.54) is 64.5 Å². The topological polar surface area (TPSA) is 12.0 Å². The lowest BCUT2D eigenvalue weighted by atomic mass is 9.51. The minimum atomic E-state index is 0.593. The van der Waals surface area contributed by atoms with Gasteiger partial charge in [0.15, 0.2) is 0 Å². The molecule has 0 aromatic rings. The maximum atomic E-state index is 3.72. The lowest BCUT2D eigenvalue weighted by molar-refractivity contribution is -0.0560. The second-order valence-electron chi connectivity index (χ2n) is 8.61. The van der Waals surface area contributed by atoms with Crippen LogP contribution in [0.1, 0.15) is 72.1 Å². The Hall–Kier alpha value is -0.0400. The molecule has 110 valence electrons. The highest BCUT2D eigenvalue weighted by Gasteiger charge is 2.51. The maximum Gasteiger partial charge on any atom is -0.00124 e. The van der Waals surface area contributed by atoms with E-state index < -0.39 is 0 Å². The molecular weight excluding hydrogens is 230 g/mol. The number of hydrogen-bond donors (Lipinski definition) is 1. The first-order chi connectivity index (χ1) is 9.04. The van der Waals surface area contributed by atoms with Gasteiger partial charge in [-0.05, 0) is 67.4 Å². The standard InChI is InChI=1S/C18H33N/c1-14-12-17(2,3)8-9-18(14)10-11-19-13-16(18)15-6-4-5-7-15/h14-16,19H,4-13H2,1-3H3. The monoisotopic (exact) mass is 263 g/mol. The first-order valence-electron chi connectivity index (χ1n) is 8.74. The van der Waals surface area contributed by atoms with Crippen LogP contribution in [-0.4, -0.2) is 13.1 Å². The van der Waals surface area contributed by atoms with Crippen LogP contribution >= 0.6 is 0 Å². The molecule has 1 aliphatic heterocycles. The quantitative estimate of drug-likeness (QED) is 0.728. The van der Waals surface area contributed by atoms with E-state index in [1.807, 2.05) is 0 Å². The first kappa shape index (κ1) is 13.9. The van der Waals surface area contributed by atoms with E-state index in [-0.39, 0.29) is 0 Å². The van der Waals surface area contributed by atoms with Gasteiger partial charge in [0.2, 0.25) is 0 Å². The fourth-order valence-electron chi connectivity index (χ4n) is 5.84. The lowest BCUT2D eigenvalue weighted by Crippen LogP contribution is -2.53. The van der Waals surface area contributed by atoms with E-state index in [2.05, 4.69) is 26.1 Å². The highest BCUT2D eigenvalue weighted by Crippen LogP contribution is 2.58. The third-order valence-corrected chi connectivity index (χ3v) is 6.95. The van der Waals surface area contributed by atoms with Gasteiger partial charge in [-0.2, -0.15) is 0 Å². The maximum absolute atomic E-state index is 3.72. The van der Waals surface area contributed by atoms with Gasteiger partial charge in [-0.15, -0.1) is 0 Å². The molecule has 0 aromatic carbocycles. The van der Waals surface area contributed by atoms with Crippen LogP contribution in [0.3, 0.4) is 0 Å². The van der Waals surface area contributed by atoms with Crippen molar-refractivity contribution >= 4 is 0 Å². The summed E-state index contributed by atoms with van der Waals surface area (Å²) in [4.78, 5) is 0. The van der Waals surface area contributed by atoms with Gasteiger partial charge >= 0.3 is 0 Å². The molecule has 1 spiro atoms. The van der Waals surface area contributed by atoms with Gasteiger partial charge in [0.05, 0.1) is 0 Å². The van der Waals surface area contributed by atoms with Crippen molar-refractivity contribution < 1.29 is 0 Å². The molecule has 3 fully saturated rings. The Bertz CT molecular complexity index is 316. The van der Waals surface area contributed by atoms with E-state index in [1.54, 1.807) is 0 Å². The minimum Gasteiger partial charge on any atom is -0.316 e. The van der Waals surface area contributed by atoms with Crippen LogP contribution in [-0.2, 0) is 0 Å². The van der Waals surface area contributed by atoms with E-state index >= 15 is 0 Å². The molecule has 1 heteroatoms. The van der Waals surface area contributed by atoms with Crippen molar-refractivity contribution in [3.8, 4) is 0 Å². The molecule has 1 heterocycles. The average molecular weight is 263 g/mol. The van der Waals surface area contributed by atoms with Gasteiger partial charge in [-0.25, -0.2) is 0 Å². The Balaban J connectivity index is 1.82. The zero-order valence-electron chi connectivity index (χ0n) is 13.3. The molecule has 3 atom stereocenters. The van der Waals surface area contributed by atoms with Crippen LogP contribution in [0.5, 0.6) is 0 Å². The second kappa shape index (κ2) is 5.06. The first-order valence-corrected chi connectivity index (χ1v) is 8.74. The lowest BCUT2D eigenvalue weighted by Gasteiger charge is -2.56. The molecule has 0 radical (unpaired) electrons. The van der Waals surface area contributed by atoms with Crippen LogP contribution in [0.2, 0.25) is 0 Å². The SMILES string of the molecule is CC1CC(C)(C)CCC12CCNCC2C1CCCC1. The van der Waals surface area contributed by atoms with Gasteiger partial charge in [-0.3, -0.25) is 0 Å². The zero-order valence-corrected chi connectivity index (χ0v) is 13.3. The summed E-state index contributed by atoms with van der Waals surface area (Å²) in [6.45, 7) is 10.1. The molecule has 1 N–H and O–H groups in total. The number of rotatable bonds is 1. The van der Waals surface area contributed by atoms with E-state index in [0.717, 1.165) is 17.8 Å². The van der Waals surface area contributed by atoms with Crippen molar-refractivity contribution in [2.75, 3.05) is 13.1 Å². The smallest absolute Gasteiger partial charge is 0.00124 e. The van der Waals surface area contributed by atoms with Crippen molar-refractivity contribution in [3.05, 3.63) is 0 Å². The Labute approximate surface area is 119 Å². The molecule has 2 saturated carbocycles. The van der Waals surface area contributed by atoms with Crippen LogP contribution in [0.4, 0.5) is 0 Å². The van der Waals surface area contributed by atoms with Gasteiger partial charge in [0.25, 0.3) is 0 Å². The zero-order chi connectivity index (χ0) is 13.5. The van der Waals surface area contributed by atoms with Crippen molar-refractivity contribution in [3.63, 3.8) is 0 Å². The normalized spacial score (nSPS) is 43.7. The minimum absolute atomic E-state index is 0.593. The summed E-state index contributed by atoms with van der Waals surface area (Å²) in [5, 5.41) is 3.72. The predicted molar refractivity (Wildman–Crippen MR) is 82.2 cm³/mol. The summed E-state index contributed by atoms with van der Waals surface area (Å²) in [7, 11) is 0. The average Bonchev–Trinajstić information content (AvgIpc) is 2.88. The third-order valence-electron chi connectivity index (χ3n) is 6.95. The highest BCUT2D eigenvalue weighted by molar-refractivity contribution is 5.02. The largest absolute Gasteiger partial charge is 0.316 e. The Morgan fingerprint density at radius 3 is 2.42 bits per heavy atom. The van der Waals surface area contributed by atoms with Crippen molar-refractivity contribution in [1.82, 2.24) is 5.32 Å². The van der Waals surface area contributed by atoms with Crippen molar-refractivity contribution in [1.29, 1.82) is 0 Å². The molecule has 3 unspecified atom stereocenters. The molecule has 19 heavy (non-hydrogen) atoms. The Kier molecular flexibility index (Phi) is 3.71. The summed E-state index contributed by atoms with van der Waals surface area (Å²) in [5.74, 6) is 2.95. The van der Waals surface area contributed by atoms with Gasteiger partial charge < -0.3 is 5.32 Å².